The van der Waals surface area contributed by atoms with E-state index in [9.17, 15) is 4.79 Å². The maximum atomic E-state index is 11.4. The first kappa shape index (κ1) is 14.1. The molecule has 6 heteroatoms. The van der Waals surface area contributed by atoms with E-state index < -0.39 is 5.97 Å². The number of aliphatic imine (C=N–C) groups is 1. The molecule has 20 heavy (non-hydrogen) atoms. The maximum Gasteiger partial charge on any atom is 0.332 e. The molecule has 1 aromatic rings. The molecule has 0 atom stereocenters. The number of hydrogen-bond donors (Lipinski definition) is 1. The van der Waals surface area contributed by atoms with Gasteiger partial charge in [-0.2, -0.15) is 0 Å². The number of nitrogens with zero attached hydrogens (tertiary/aromatic N) is 1. The van der Waals surface area contributed by atoms with E-state index in [0.717, 1.165) is 11.3 Å². The summed E-state index contributed by atoms with van der Waals surface area (Å²) in [5, 5.41) is 0. The third-order valence-electron chi connectivity index (χ3n) is 2.58. The number of amidine groups is 1. The fraction of sp³-hybridized carbons (Fsp3) is 0.286. The molecule has 106 valence electrons. The van der Waals surface area contributed by atoms with Gasteiger partial charge in [-0.3, -0.25) is 4.84 Å². The van der Waals surface area contributed by atoms with Gasteiger partial charge in [0, 0.05) is 11.6 Å². The van der Waals surface area contributed by atoms with Gasteiger partial charge in [0.15, 0.2) is 5.84 Å². The van der Waals surface area contributed by atoms with E-state index >= 15 is 0 Å². The highest BCUT2D eigenvalue weighted by atomic mass is 16.6. The quantitative estimate of drug-likeness (QED) is 0.665. The van der Waals surface area contributed by atoms with Crippen LogP contribution in [-0.4, -0.2) is 32.1 Å². The third kappa shape index (κ3) is 3.58. The van der Waals surface area contributed by atoms with Gasteiger partial charge < -0.3 is 9.47 Å². The zero-order valence-electron chi connectivity index (χ0n) is 11.4. The lowest BCUT2D eigenvalue weighted by atomic mass is 10.2. The van der Waals surface area contributed by atoms with Crippen LogP contribution >= 0.6 is 0 Å². The van der Waals surface area contributed by atoms with Crippen molar-refractivity contribution in [2.75, 3.05) is 20.3 Å². The molecule has 0 saturated heterocycles. The molecule has 0 aliphatic carbocycles. The van der Waals surface area contributed by atoms with Crippen LogP contribution in [0.25, 0.3) is 0 Å². The van der Waals surface area contributed by atoms with E-state index in [4.69, 9.17) is 14.3 Å². The van der Waals surface area contributed by atoms with Crippen molar-refractivity contribution in [3.05, 3.63) is 41.6 Å². The van der Waals surface area contributed by atoms with Gasteiger partial charge >= 0.3 is 5.97 Å². The van der Waals surface area contributed by atoms with Crippen LogP contribution in [-0.2, 0) is 14.4 Å². The number of hydrogen-bond acceptors (Lipinski definition) is 6. The summed E-state index contributed by atoms with van der Waals surface area (Å²) in [4.78, 5) is 20.9. The number of esters is 1. The summed E-state index contributed by atoms with van der Waals surface area (Å²) in [6, 6.07) is 7.34. The molecular formula is C14H16N2O4. The Morgan fingerprint density at radius 2 is 2.20 bits per heavy atom. The topological polar surface area (TPSA) is 69.2 Å². The van der Waals surface area contributed by atoms with Gasteiger partial charge in [0.05, 0.1) is 19.4 Å². The van der Waals surface area contributed by atoms with Gasteiger partial charge in [-0.05, 0) is 31.2 Å². The fourth-order valence-corrected chi connectivity index (χ4v) is 1.64. The number of carbonyl (C=O) groups is 1. The van der Waals surface area contributed by atoms with Crippen LogP contribution in [0.5, 0.6) is 5.75 Å². The highest BCUT2D eigenvalue weighted by Gasteiger charge is 2.12. The van der Waals surface area contributed by atoms with Crippen LogP contribution < -0.4 is 10.2 Å². The van der Waals surface area contributed by atoms with Gasteiger partial charge in [-0.25, -0.2) is 15.3 Å². The van der Waals surface area contributed by atoms with Crippen molar-refractivity contribution >= 4 is 11.8 Å². The van der Waals surface area contributed by atoms with Gasteiger partial charge in [-0.15, -0.1) is 0 Å². The Morgan fingerprint density at radius 1 is 1.45 bits per heavy atom. The van der Waals surface area contributed by atoms with Crippen LogP contribution in [0.2, 0.25) is 0 Å². The van der Waals surface area contributed by atoms with Crippen LogP contribution in [0.3, 0.4) is 0 Å². The molecule has 2 rings (SSSR count). The van der Waals surface area contributed by atoms with Crippen molar-refractivity contribution in [3.8, 4) is 5.75 Å². The fourth-order valence-electron chi connectivity index (χ4n) is 1.64. The van der Waals surface area contributed by atoms with E-state index in [1.165, 1.54) is 6.08 Å². The second-order valence-corrected chi connectivity index (χ2v) is 3.97. The lowest BCUT2D eigenvalue weighted by molar-refractivity contribution is -0.137. The SMILES string of the molecule is CCOC(=O)/C=C1/CONC(c2ccc(OC)cc2)=N1. The lowest BCUT2D eigenvalue weighted by Crippen LogP contribution is -2.30. The highest BCUT2D eigenvalue weighted by molar-refractivity contribution is 5.99. The highest BCUT2D eigenvalue weighted by Crippen LogP contribution is 2.14. The number of carbonyl (C=O) groups excluding carboxylic acids is 1. The predicted octanol–water partition coefficient (Wildman–Crippen LogP) is 1.42. The summed E-state index contributed by atoms with van der Waals surface area (Å²) in [6.07, 6.45) is 1.33. The van der Waals surface area contributed by atoms with E-state index in [2.05, 4.69) is 10.5 Å². The Hall–Kier alpha value is -2.34. The minimum Gasteiger partial charge on any atom is -0.497 e. The molecule has 0 amide bonds. The molecule has 0 radical (unpaired) electrons. The normalized spacial score (nSPS) is 16.3. The number of methoxy groups -OCH3 is 1. The summed E-state index contributed by atoms with van der Waals surface area (Å²) in [6.45, 7) is 2.29. The van der Waals surface area contributed by atoms with Crippen molar-refractivity contribution in [2.24, 2.45) is 4.99 Å². The lowest BCUT2D eigenvalue weighted by Gasteiger charge is -2.16. The Labute approximate surface area is 117 Å². The first-order valence-electron chi connectivity index (χ1n) is 6.21. The third-order valence-corrected chi connectivity index (χ3v) is 2.58. The molecule has 6 nitrogen and oxygen atoms in total. The zero-order valence-corrected chi connectivity index (χ0v) is 11.4. The van der Waals surface area contributed by atoms with Gasteiger partial charge in [-0.1, -0.05) is 0 Å². The first-order valence-corrected chi connectivity index (χ1v) is 6.21. The molecule has 0 fully saturated rings. The van der Waals surface area contributed by atoms with Crippen LogP contribution in [0.4, 0.5) is 0 Å². The van der Waals surface area contributed by atoms with Crippen molar-refractivity contribution in [1.82, 2.24) is 5.48 Å². The van der Waals surface area contributed by atoms with Gasteiger partial charge in [0.2, 0.25) is 0 Å². The second kappa shape index (κ2) is 6.72. The molecule has 1 heterocycles. The molecule has 1 aromatic carbocycles. The Balaban J connectivity index is 2.18. The molecular weight excluding hydrogens is 260 g/mol. The number of benzene rings is 1. The number of rotatable bonds is 4. The summed E-state index contributed by atoms with van der Waals surface area (Å²) < 4.78 is 9.93. The Morgan fingerprint density at radius 3 is 2.85 bits per heavy atom. The summed E-state index contributed by atoms with van der Waals surface area (Å²) >= 11 is 0. The molecule has 0 aromatic heterocycles. The predicted molar refractivity (Wildman–Crippen MR) is 73.3 cm³/mol. The largest absolute Gasteiger partial charge is 0.497 e. The van der Waals surface area contributed by atoms with E-state index in [1.807, 2.05) is 24.3 Å². The van der Waals surface area contributed by atoms with Crippen molar-refractivity contribution in [1.29, 1.82) is 0 Å². The van der Waals surface area contributed by atoms with E-state index in [-0.39, 0.29) is 6.61 Å². The molecule has 1 aliphatic heterocycles. The molecule has 1 aliphatic rings. The second-order valence-electron chi connectivity index (χ2n) is 3.97. The number of ether oxygens (including phenoxy) is 2. The number of nitrogens with one attached hydrogen (secondary N) is 1. The van der Waals surface area contributed by atoms with Crippen molar-refractivity contribution < 1.29 is 19.1 Å². The smallest absolute Gasteiger partial charge is 0.332 e. The average Bonchev–Trinajstić information content (AvgIpc) is 2.48. The maximum absolute atomic E-state index is 11.4. The number of hydroxylamine groups is 1. The molecule has 0 saturated carbocycles. The Kier molecular flexibility index (Phi) is 4.73. The van der Waals surface area contributed by atoms with Crippen LogP contribution in [0, 0.1) is 0 Å². The zero-order chi connectivity index (χ0) is 14.4. The van der Waals surface area contributed by atoms with E-state index in [0.29, 0.717) is 18.1 Å². The standard InChI is InChI=1S/C14H16N2O4/c1-3-19-13(17)8-11-9-20-16-14(15-11)10-4-6-12(18-2)7-5-10/h4-8H,3,9H2,1-2H3,(H,15,16)/b11-8-. The summed E-state index contributed by atoms with van der Waals surface area (Å²) in [7, 11) is 1.61. The molecule has 0 unspecified atom stereocenters. The van der Waals surface area contributed by atoms with Crippen molar-refractivity contribution in [2.45, 2.75) is 6.92 Å². The van der Waals surface area contributed by atoms with Crippen LogP contribution in [0.15, 0.2) is 41.0 Å². The van der Waals surface area contributed by atoms with Gasteiger partial charge in [0.1, 0.15) is 12.4 Å². The Bertz CT molecular complexity index is 535. The molecule has 0 bridgehead atoms. The first-order chi connectivity index (χ1) is 9.72. The summed E-state index contributed by atoms with van der Waals surface area (Å²) in [5.41, 5.74) is 4.07. The summed E-state index contributed by atoms with van der Waals surface area (Å²) in [5.74, 6) is 0.869. The minimum atomic E-state index is -0.425. The molecule has 1 N–H and O–H groups in total. The van der Waals surface area contributed by atoms with E-state index in [1.54, 1.807) is 14.0 Å². The molecule has 0 spiro atoms. The minimum absolute atomic E-state index is 0.207. The monoisotopic (exact) mass is 276 g/mol. The van der Waals surface area contributed by atoms with Gasteiger partial charge in [0.25, 0.3) is 0 Å². The van der Waals surface area contributed by atoms with Crippen LogP contribution in [0.1, 0.15) is 12.5 Å². The van der Waals surface area contributed by atoms with Crippen molar-refractivity contribution in [3.63, 3.8) is 0 Å². The average molecular weight is 276 g/mol.